The van der Waals surface area contributed by atoms with Gasteiger partial charge in [0.1, 0.15) is 0 Å². The average Bonchev–Trinajstić information content (AvgIpc) is 2.24. The van der Waals surface area contributed by atoms with Crippen molar-refractivity contribution in [3.63, 3.8) is 0 Å². The predicted octanol–water partition coefficient (Wildman–Crippen LogP) is 4.49. The van der Waals surface area contributed by atoms with Crippen LogP contribution in [-0.4, -0.2) is 4.83 Å². The van der Waals surface area contributed by atoms with Crippen LogP contribution < -0.4 is 0 Å². The third-order valence-corrected chi connectivity index (χ3v) is 4.77. The molecular formula is C14H19Br. The summed E-state index contributed by atoms with van der Waals surface area (Å²) < 4.78 is 0. The van der Waals surface area contributed by atoms with Gasteiger partial charge in [-0.3, -0.25) is 0 Å². The molecule has 0 saturated heterocycles. The van der Waals surface area contributed by atoms with Gasteiger partial charge in [-0.25, -0.2) is 0 Å². The van der Waals surface area contributed by atoms with E-state index in [1.165, 1.54) is 43.2 Å². The molecule has 0 amide bonds. The standard InChI is InChI=1S/C14H19Br/c1-11-6-2-3-7-12(11)10-13-8-4-5-9-14(13)15/h2-3,6-7,13-14H,4-5,8-10H2,1H3. The number of aryl methyl sites for hydroxylation is 1. The molecule has 0 N–H and O–H groups in total. The zero-order valence-corrected chi connectivity index (χ0v) is 11.0. The van der Waals surface area contributed by atoms with Crippen LogP contribution in [0.15, 0.2) is 24.3 Å². The van der Waals surface area contributed by atoms with E-state index in [0.29, 0.717) is 0 Å². The van der Waals surface area contributed by atoms with Gasteiger partial charge in [-0.1, -0.05) is 53.0 Å². The first-order valence-electron chi connectivity index (χ1n) is 5.96. The van der Waals surface area contributed by atoms with Crippen LogP contribution in [0.4, 0.5) is 0 Å². The number of hydrogen-bond donors (Lipinski definition) is 0. The summed E-state index contributed by atoms with van der Waals surface area (Å²) in [5.41, 5.74) is 2.98. The smallest absolute Gasteiger partial charge is 0.0177 e. The quantitative estimate of drug-likeness (QED) is 0.692. The van der Waals surface area contributed by atoms with Crippen LogP contribution in [0.3, 0.4) is 0 Å². The minimum Gasteiger partial charge on any atom is -0.0888 e. The molecule has 1 aromatic rings. The Hall–Kier alpha value is -0.300. The molecular weight excluding hydrogens is 248 g/mol. The van der Waals surface area contributed by atoms with Crippen molar-refractivity contribution in [2.45, 2.75) is 43.9 Å². The van der Waals surface area contributed by atoms with Gasteiger partial charge in [0, 0.05) is 4.83 Å². The molecule has 0 nitrogen and oxygen atoms in total. The van der Waals surface area contributed by atoms with E-state index >= 15 is 0 Å². The SMILES string of the molecule is Cc1ccccc1CC1CCCCC1Br. The molecule has 0 bridgehead atoms. The summed E-state index contributed by atoms with van der Waals surface area (Å²) in [5, 5.41) is 0. The fourth-order valence-corrected chi connectivity index (χ4v) is 3.29. The Morgan fingerprint density at radius 3 is 2.67 bits per heavy atom. The van der Waals surface area contributed by atoms with Gasteiger partial charge in [0.25, 0.3) is 0 Å². The van der Waals surface area contributed by atoms with Crippen LogP contribution in [0.2, 0.25) is 0 Å². The molecule has 15 heavy (non-hydrogen) atoms. The maximum Gasteiger partial charge on any atom is 0.0177 e. The van der Waals surface area contributed by atoms with Gasteiger partial charge in [-0.2, -0.15) is 0 Å². The fourth-order valence-electron chi connectivity index (χ4n) is 2.51. The van der Waals surface area contributed by atoms with Crippen molar-refractivity contribution in [3.8, 4) is 0 Å². The normalized spacial score (nSPS) is 26.5. The van der Waals surface area contributed by atoms with E-state index in [1.54, 1.807) is 0 Å². The molecule has 2 rings (SSSR count). The molecule has 1 aliphatic rings. The number of alkyl halides is 1. The molecule has 82 valence electrons. The monoisotopic (exact) mass is 266 g/mol. The lowest BCUT2D eigenvalue weighted by Crippen LogP contribution is -2.21. The van der Waals surface area contributed by atoms with E-state index in [4.69, 9.17) is 0 Å². The molecule has 1 fully saturated rings. The predicted molar refractivity (Wildman–Crippen MR) is 69.6 cm³/mol. The number of halogens is 1. The first kappa shape index (κ1) is 11.2. The highest BCUT2D eigenvalue weighted by atomic mass is 79.9. The summed E-state index contributed by atoms with van der Waals surface area (Å²) in [7, 11) is 0. The number of benzene rings is 1. The van der Waals surface area contributed by atoms with Gasteiger partial charge in [0.05, 0.1) is 0 Å². The summed E-state index contributed by atoms with van der Waals surface area (Å²) in [6.45, 7) is 2.22. The van der Waals surface area contributed by atoms with Crippen LogP contribution in [-0.2, 0) is 6.42 Å². The molecule has 2 atom stereocenters. The van der Waals surface area contributed by atoms with Gasteiger partial charge < -0.3 is 0 Å². The number of hydrogen-bond acceptors (Lipinski definition) is 0. The van der Waals surface area contributed by atoms with Gasteiger partial charge >= 0.3 is 0 Å². The van der Waals surface area contributed by atoms with E-state index in [2.05, 4.69) is 47.1 Å². The first-order chi connectivity index (χ1) is 7.27. The van der Waals surface area contributed by atoms with E-state index in [9.17, 15) is 0 Å². The molecule has 0 spiro atoms. The molecule has 1 saturated carbocycles. The molecule has 1 heteroatoms. The van der Waals surface area contributed by atoms with Crippen molar-refractivity contribution in [1.82, 2.24) is 0 Å². The van der Waals surface area contributed by atoms with Gasteiger partial charge in [0.15, 0.2) is 0 Å². The Morgan fingerprint density at radius 2 is 1.93 bits per heavy atom. The van der Waals surface area contributed by atoms with Crippen LogP contribution in [0.1, 0.15) is 36.8 Å². The Labute approximate surface area is 101 Å². The molecule has 2 unspecified atom stereocenters. The third kappa shape index (κ3) is 2.84. The Kier molecular flexibility index (Phi) is 3.85. The second-order valence-corrected chi connectivity index (χ2v) is 5.87. The van der Waals surface area contributed by atoms with Crippen LogP contribution in [0.25, 0.3) is 0 Å². The highest BCUT2D eigenvalue weighted by Gasteiger charge is 2.22. The molecule has 1 aliphatic carbocycles. The number of rotatable bonds is 2. The fraction of sp³-hybridized carbons (Fsp3) is 0.571. The van der Waals surface area contributed by atoms with Gasteiger partial charge in [-0.05, 0) is 43.2 Å². The lowest BCUT2D eigenvalue weighted by molar-refractivity contribution is 0.373. The Bertz CT molecular complexity index is 319. The van der Waals surface area contributed by atoms with Gasteiger partial charge in [-0.15, -0.1) is 0 Å². The molecule has 1 aromatic carbocycles. The lowest BCUT2D eigenvalue weighted by atomic mass is 9.84. The summed E-state index contributed by atoms with van der Waals surface area (Å²) in [6.07, 6.45) is 6.82. The Morgan fingerprint density at radius 1 is 1.20 bits per heavy atom. The van der Waals surface area contributed by atoms with Crippen molar-refractivity contribution >= 4 is 15.9 Å². The van der Waals surface area contributed by atoms with Crippen LogP contribution in [0.5, 0.6) is 0 Å². The molecule has 0 aromatic heterocycles. The van der Waals surface area contributed by atoms with Crippen LogP contribution >= 0.6 is 15.9 Å². The van der Waals surface area contributed by atoms with Crippen molar-refractivity contribution in [1.29, 1.82) is 0 Å². The van der Waals surface area contributed by atoms with E-state index < -0.39 is 0 Å². The Balaban J connectivity index is 2.04. The second kappa shape index (κ2) is 5.16. The minimum absolute atomic E-state index is 0.742. The van der Waals surface area contributed by atoms with Crippen molar-refractivity contribution in [2.24, 2.45) is 5.92 Å². The van der Waals surface area contributed by atoms with Crippen molar-refractivity contribution in [3.05, 3.63) is 35.4 Å². The van der Waals surface area contributed by atoms with E-state index in [1.807, 2.05) is 0 Å². The van der Waals surface area contributed by atoms with E-state index in [-0.39, 0.29) is 0 Å². The minimum atomic E-state index is 0.742. The van der Waals surface area contributed by atoms with Gasteiger partial charge in [0.2, 0.25) is 0 Å². The second-order valence-electron chi connectivity index (χ2n) is 4.69. The van der Waals surface area contributed by atoms with Crippen molar-refractivity contribution in [2.75, 3.05) is 0 Å². The molecule has 0 heterocycles. The molecule has 0 aliphatic heterocycles. The first-order valence-corrected chi connectivity index (χ1v) is 6.87. The van der Waals surface area contributed by atoms with Crippen LogP contribution in [0, 0.1) is 12.8 Å². The average molecular weight is 267 g/mol. The summed E-state index contributed by atoms with van der Waals surface area (Å²) in [4.78, 5) is 0.742. The zero-order valence-electron chi connectivity index (χ0n) is 9.38. The van der Waals surface area contributed by atoms with E-state index in [0.717, 1.165) is 10.7 Å². The zero-order chi connectivity index (χ0) is 10.7. The third-order valence-electron chi connectivity index (χ3n) is 3.56. The van der Waals surface area contributed by atoms with Crippen molar-refractivity contribution < 1.29 is 0 Å². The summed E-state index contributed by atoms with van der Waals surface area (Å²) in [5.74, 6) is 0.847. The maximum absolute atomic E-state index is 3.84. The summed E-state index contributed by atoms with van der Waals surface area (Å²) >= 11 is 3.84. The maximum atomic E-state index is 3.84. The molecule has 0 radical (unpaired) electrons. The highest BCUT2D eigenvalue weighted by Crippen LogP contribution is 2.32. The largest absolute Gasteiger partial charge is 0.0888 e. The highest BCUT2D eigenvalue weighted by molar-refractivity contribution is 9.09. The summed E-state index contributed by atoms with van der Waals surface area (Å²) in [6, 6.07) is 8.80. The lowest BCUT2D eigenvalue weighted by Gasteiger charge is -2.27. The topological polar surface area (TPSA) is 0 Å².